The quantitative estimate of drug-likeness (QED) is 0.866. The van der Waals surface area contributed by atoms with E-state index in [9.17, 15) is 4.39 Å². The van der Waals surface area contributed by atoms with Gasteiger partial charge in [-0.05, 0) is 30.4 Å². The van der Waals surface area contributed by atoms with Gasteiger partial charge in [0.05, 0.1) is 5.02 Å². The van der Waals surface area contributed by atoms with Gasteiger partial charge in [-0.2, -0.15) is 0 Å². The van der Waals surface area contributed by atoms with E-state index in [1.54, 1.807) is 18.2 Å². The van der Waals surface area contributed by atoms with Gasteiger partial charge < -0.3 is 5.73 Å². The van der Waals surface area contributed by atoms with Gasteiger partial charge in [0, 0.05) is 6.04 Å². The predicted molar refractivity (Wildman–Crippen MR) is 74.3 cm³/mol. The van der Waals surface area contributed by atoms with Crippen molar-refractivity contribution >= 4 is 11.6 Å². The van der Waals surface area contributed by atoms with E-state index in [1.165, 1.54) is 32.1 Å². The number of hydrogen-bond donors (Lipinski definition) is 1. The lowest BCUT2D eigenvalue weighted by molar-refractivity contribution is 0.316. The molecule has 1 fully saturated rings. The summed E-state index contributed by atoms with van der Waals surface area (Å²) in [5.41, 5.74) is 6.79. The summed E-state index contributed by atoms with van der Waals surface area (Å²) in [4.78, 5) is 0. The third kappa shape index (κ3) is 3.69. The molecular formula is C15H21ClFN. The van der Waals surface area contributed by atoms with Crippen LogP contribution in [0.5, 0.6) is 0 Å². The van der Waals surface area contributed by atoms with Gasteiger partial charge in [-0.3, -0.25) is 0 Å². The van der Waals surface area contributed by atoms with Crippen LogP contribution in [0.25, 0.3) is 0 Å². The molecule has 2 N–H and O–H groups in total. The summed E-state index contributed by atoms with van der Waals surface area (Å²) in [5.74, 6) is 0.425. The zero-order chi connectivity index (χ0) is 13.0. The minimum Gasteiger partial charge on any atom is -0.327 e. The first-order chi connectivity index (χ1) is 8.66. The highest BCUT2D eigenvalue weighted by Crippen LogP contribution is 2.28. The topological polar surface area (TPSA) is 26.0 Å². The van der Waals surface area contributed by atoms with Crippen LogP contribution < -0.4 is 5.73 Å². The van der Waals surface area contributed by atoms with Crippen LogP contribution in [0.15, 0.2) is 18.2 Å². The van der Waals surface area contributed by atoms with Crippen molar-refractivity contribution in [2.75, 3.05) is 0 Å². The Hall–Kier alpha value is -0.600. The molecule has 1 aromatic rings. The van der Waals surface area contributed by atoms with Gasteiger partial charge in [0.1, 0.15) is 5.82 Å². The van der Waals surface area contributed by atoms with Crippen LogP contribution in [0.2, 0.25) is 5.02 Å². The molecule has 1 atom stereocenters. The Balaban J connectivity index is 1.90. The van der Waals surface area contributed by atoms with E-state index in [4.69, 9.17) is 17.3 Å². The average molecular weight is 270 g/mol. The number of halogens is 2. The fourth-order valence-corrected chi connectivity index (χ4v) is 3.12. The molecule has 0 saturated heterocycles. The zero-order valence-electron chi connectivity index (χ0n) is 10.7. The lowest BCUT2D eigenvalue weighted by Crippen LogP contribution is -2.27. The molecule has 1 aliphatic rings. The molecule has 0 heterocycles. The van der Waals surface area contributed by atoms with Gasteiger partial charge >= 0.3 is 0 Å². The highest BCUT2D eigenvalue weighted by molar-refractivity contribution is 6.30. The van der Waals surface area contributed by atoms with Crippen molar-refractivity contribution in [2.24, 2.45) is 11.7 Å². The van der Waals surface area contributed by atoms with Gasteiger partial charge in [0.2, 0.25) is 0 Å². The number of hydrogen-bond acceptors (Lipinski definition) is 1. The molecule has 100 valence electrons. The maximum atomic E-state index is 13.8. The molecule has 2 rings (SSSR count). The van der Waals surface area contributed by atoms with Gasteiger partial charge in [0.25, 0.3) is 0 Å². The van der Waals surface area contributed by atoms with Crippen LogP contribution in [-0.4, -0.2) is 6.04 Å². The molecule has 0 spiro atoms. The largest absolute Gasteiger partial charge is 0.327 e. The van der Waals surface area contributed by atoms with E-state index < -0.39 is 0 Å². The second kappa shape index (κ2) is 6.53. The molecule has 1 saturated carbocycles. The van der Waals surface area contributed by atoms with Crippen LogP contribution in [0.1, 0.15) is 44.1 Å². The van der Waals surface area contributed by atoms with Crippen LogP contribution in [0, 0.1) is 11.7 Å². The van der Waals surface area contributed by atoms with E-state index in [2.05, 4.69) is 0 Å². The average Bonchev–Trinajstić information content (AvgIpc) is 2.36. The number of rotatable bonds is 4. The van der Waals surface area contributed by atoms with Gasteiger partial charge in [-0.1, -0.05) is 55.8 Å². The monoisotopic (exact) mass is 269 g/mol. The summed E-state index contributed by atoms with van der Waals surface area (Å²) < 4.78 is 13.8. The lowest BCUT2D eigenvalue weighted by Gasteiger charge is -2.24. The van der Waals surface area contributed by atoms with Crippen LogP contribution in [0.3, 0.4) is 0 Å². The Bertz CT molecular complexity index is 388. The van der Waals surface area contributed by atoms with Crippen LogP contribution in [-0.2, 0) is 6.42 Å². The van der Waals surface area contributed by atoms with Crippen molar-refractivity contribution in [2.45, 2.75) is 51.0 Å². The second-order valence-corrected chi connectivity index (χ2v) is 5.82. The highest BCUT2D eigenvalue weighted by atomic mass is 35.5. The van der Waals surface area contributed by atoms with Crippen molar-refractivity contribution in [3.63, 3.8) is 0 Å². The van der Waals surface area contributed by atoms with Gasteiger partial charge in [-0.15, -0.1) is 0 Å². The van der Waals surface area contributed by atoms with E-state index in [0.29, 0.717) is 12.0 Å². The Morgan fingerprint density at radius 2 is 2.00 bits per heavy atom. The Kier molecular flexibility index (Phi) is 5.02. The van der Waals surface area contributed by atoms with E-state index in [-0.39, 0.29) is 16.9 Å². The standard InChI is InChI=1S/C15H21ClFN/c16-14-8-4-7-12(15(14)17)10-13(18)9-11-5-2-1-3-6-11/h4,7-8,11,13H,1-3,5-6,9-10,18H2. The van der Waals surface area contributed by atoms with E-state index in [0.717, 1.165) is 12.3 Å². The van der Waals surface area contributed by atoms with Crippen molar-refractivity contribution in [3.8, 4) is 0 Å². The molecule has 1 aliphatic carbocycles. The third-order valence-electron chi connectivity index (χ3n) is 3.87. The van der Waals surface area contributed by atoms with Crippen LogP contribution in [0.4, 0.5) is 4.39 Å². The summed E-state index contributed by atoms with van der Waals surface area (Å²) in [6.07, 6.45) is 8.16. The lowest BCUT2D eigenvalue weighted by atomic mass is 9.84. The SMILES string of the molecule is NC(Cc1cccc(Cl)c1F)CC1CCCCC1. The maximum absolute atomic E-state index is 13.8. The maximum Gasteiger partial charge on any atom is 0.145 e. The van der Waals surface area contributed by atoms with Crippen molar-refractivity contribution in [1.82, 2.24) is 0 Å². The van der Waals surface area contributed by atoms with E-state index >= 15 is 0 Å². The first kappa shape index (κ1) is 13.8. The molecule has 18 heavy (non-hydrogen) atoms. The fraction of sp³-hybridized carbons (Fsp3) is 0.600. The van der Waals surface area contributed by atoms with Crippen LogP contribution >= 0.6 is 11.6 Å². The predicted octanol–water partition coefficient (Wildman–Crippen LogP) is 4.32. The van der Waals surface area contributed by atoms with Gasteiger partial charge in [-0.25, -0.2) is 4.39 Å². The summed E-state index contributed by atoms with van der Waals surface area (Å²) in [6, 6.07) is 5.18. The summed E-state index contributed by atoms with van der Waals surface area (Å²) in [6.45, 7) is 0. The summed E-state index contributed by atoms with van der Waals surface area (Å²) in [5, 5.41) is 0.192. The molecular weight excluding hydrogens is 249 g/mol. The van der Waals surface area contributed by atoms with Crippen molar-refractivity contribution in [1.29, 1.82) is 0 Å². The first-order valence-corrected chi connectivity index (χ1v) is 7.23. The Labute approximate surface area is 114 Å². The number of benzene rings is 1. The smallest absolute Gasteiger partial charge is 0.145 e. The minimum atomic E-state index is -0.307. The Morgan fingerprint density at radius 3 is 2.72 bits per heavy atom. The molecule has 0 aliphatic heterocycles. The van der Waals surface area contributed by atoms with Gasteiger partial charge in [0.15, 0.2) is 0 Å². The molecule has 1 unspecified atom stereocenters. The fourth-order valence-electron chi connectivity index (χ4n) is 2.92. The summed E-state index contributed by atoms with van der Waals surface area (Å²) >= 11 is 5.77. The molecule has 0 amide bonds. The molecule has 0 radical (unpaired) electrons. The molecule has 0 bridgehead atoms. The molecule has 3 heteroatoms. The normalized spacial score (nSPS) is 18.8. The first-order valence-electron chi connectivity index (χ1n) is 6.85. The molecule has 1 nitrogen and oxygen atoms in total. The number of nitrogens with two attached hydrogens (primary N) is 1. The zero-order valence-corrected chi connectivity index (χ0v) is 11.4. The van der Waals surface area contributed by atoms with Crippen molar-refractivity contribution < 1.29 is 4.39 Å². The molecule has 0 aromatic heterocycles. The second-order valence-electron chi connectivity index (χ2n) is 5.42. The molecule has 1 aromatic carbocycles. The minimum absolute atomic E-state index is 0.0427. The van der Waals surface area contributed by atoms with Crippen molar-refractivity contribution in [3.05, 3.63) is 34.6 Å². The highest BCUT2D eigenvalue weighted by Gasteiger charge is 2.18. The third-order valence-corrected chi connectivity index (χ3v) is 4.17. The summed E-state index contributed by atoms with van der Waals surface area (Å²) in [7, 11) is 0. The Morgan fingerprint density at radius 1 is 1.28 bits per heavy atom. The van der Waals surface area contributed by atoms with E-state index in [1.807, 2.05) is 0 Å².